The lowest BCUT2D eigenvalue weighted by Crippen LogP contribution is -2.55. The predicted molar refractivity (Wildman–Crippen MR) is 123 cm³/mol. The van der Waals surface area contributed by atoms with Crippen LogP contribution in [-0.4, -0.2) is 48.3 Å². The van der Waals surface area contributed by atoms with Crippen LogP contribution in [0.25, 0.3) is 0 Å². The summed E-state index contributed by atoms with van der Waals surface area (Å²) < 4.78 is 139. The van der Waals surface area contributed by atoms with E-state index in [0.29, 0.717) is 44.9 Å². The van der Waals surface area contributed by atoms with Crippen LogP contribution in [0.15, 0.2) is 0 Å². The average Bonchev–Trinajstić information content (AvgIpc) is 3.20. The van der Waals surface area contributed by atoms with E-state index in [2.05, 4.69) is 11.7 Å². The van der Waals surface area contributed by atoms with E-state index in [9.17, 15) is 53.5 Å². The summed E-state index contributed by atoms with van der Waals surface area (Å²) >= 11 is 0. The van der Waals surface area contributed by atoms with Crippen molar-refractivity contribution in [3.8, 4) is 0 Å². The number of rotatable bonds is 5. The lowest BCUT2D eigenvalue weighted by atomic mass is 9.44. The fourth-order valence-corrected chi connectivity index (χ4v) is 8.92. The fraction of sp³-hybridized carbons (Fsp3) is 0.926. The summed E-state index contributed by atoms with van der Waals surface area (Å²) in [4.78, 5) is 23.4. The minimum absolute atomic E-state index is 0.0687. The molecule has 4 aliphatic rings. The van der Waals surface area contributed by atoms with E-state index < -0.39 is 59.7 Å². The lowest BCUT2D eigenvalue weighted by molar-refractivity contribution is -0.284. The second-order valence-electron chi connectivity index (χ2n) is 12.9. The van der Waals surface area contributed by atoms with Crippen LogP contribution in [0, 0.1) is 40.4 Å². The molecule has 4 fully saturated rings. The van der Waals surface area contributed by atoms with Gasteiger partial charge in [-0.1, -0.05) is 13.8 Å². The molecule has 236 valence electrons. The second-order valence-corrected chi connectivity index (χ2v) is 12.9. The highest BCUT2D eigenvalue weighted by Gasteiger charge is 2.67. The zero-order chi connectivity index (χ0) is 31.0. The molecule has 4 rings (SSSR count). The molecule has 0 spiro atoms. The van der Waals surface area contributed by atoms with Crippen LogP contribution in [0.4, 0.5) is 43.9 Å². The maximum Gasteiger partial charge on any atom is 0.465 e. The molecule has 14 heteroatoms. The molecule has 0 saturated heterocycles. The Labute approximate surface area is 230 Å². The van der Waals surface area contributed by atoms with Crippen LogP contribution in [0.1, 0.15) is 78.6 Å². The van der Waals surface area contributed by atoms with Crippen LogP contribution in [-0.2, 0) is 19.1 Å². The average molecular weight is 613 g/mol. The van der Waals surface area contributed by atoms with E-state index >= 15 is 0 Å². The van der Waals surface area contributed by atoms with E-state index in [0.717, 1.165) is 0 Å². The smallest absolute Gasteiger partial charge is 0.458 e. The topological polar surface area (TPSA) is 52.6 Å². The van der Waals surface area contributed by atoms with Crippen LogP contribution < -0.4 is 0 Å². The monoisotopic (exact) mass is 612 g/mol. The van der Waals surface area contributed by atoms with Gasteiger partial charge in [-0.2, -0.15) is 43.9 Å². The maximum absolute atomic E-state index is 13.5. The van der Waals surface area contributed by atoms with Crippen LogP contribution in [0.2, 0.25) is 0 Å². The van der Waals surface area contributed by atoms with Crippen molar-refractivity contribution in [3.63, 3.8) is 0 Å². The van der Waals surface area contributed by atoms with Crippen molar-refractivity contribution in [3.05, 3.63) is 0 Å². The van der Waals surface area contributed by atoms with Gasteiger partial charge >= 0.3 is 36.1 Å². The molecule has 0 aromatic carbocycles. The molecule has 0 amide bonds. The molecule has 0 aromatic rings. The maximum atomic E-state index is 13.5. The van der Waals surface area contributed by atoms with Crippen molar-refractivity contribution in [2.45, 2.75) is 115 Å². The normalized spacial score (nSPS) is 38.8. The predicted octanol–water partition coefficient (Wildman–Crippen LogP) is 7.88. The fourth-order valence-electron chi connectivity index (χ4n) is 8.92. The summed E-state index contributed by atoms with van der Waals surface area (Å²) in [5.74, 6) is -16.5. The van der Waals surface area contributed by atoms with Crippen molar-refractivity contribution >= 4 is 11.9 Å². The SMILES string of the molecule is CC(OC(=O)C(F)(F)C(F)(F)F)C1CCC2C3CCC4CC(OC(=O)C(F)(F)C(F)(F)F)CCC4(C)C3CCC12C. The van der Waals surface area contributed by atoms with Gasteiger partial charge in [0.2, 0.25) is 0 Å². The highest BCUT2D eigenvalue weighted by molar-refractivity contribution is 5.79. The highest BCUT2D eigenvalue weighted by Crippen LogP contribution is 2.68. The largest absolute Gasteiger partial charge is 0.465 e. The molecule has 4 saturated carbocycles. The van der Waals surface area contributed by atoms with Crippen molar-refractivity contribution in [1.29, 1.82) is 0 Å². The van der Waals surface area contributed by atoms with Crippen molar-refractivity contribution in [2.75, 3.05) is 0 Å². The molecule has 9 atom stereocenters. The molecule has 0 heterocycles. The first-order valence-electron chi connectivity index (χ1n) is 13.9. The van der Waals surface area contributed by atoms with E-state index in [1.165, 1.54) is 6.92 Å². The number of hydrogen-bond acceptors (Lipinski definition) is 4. The molecule has 41 heavy (non-hydrogen) atoms. The third-order valence-corrected chi connectivity index (χ3v) is 11.0. The summed E-state index contributed by atoms with van der Waals surface area (Å²) in [5, 5.41) is 0. The Bertz CT molecular complexity index is 1030. The van der Waals surface area contributed by atoms with Crippen LogP contribution >= 0.6 is 0 Å². The first-order chi connectivity index (χ1) is 18.6. The Morgan fingerprint density at radius 3 is 1.83 bits per heavy atom. The summed E-state index contributed by atoms with van der Waals surface area (Å²) in [7, 11) is 0. The van der Waals surface area contributed by atoms with Gasteiger partial charge in [-0.25, -0.2) is 9.59 Å². The van der Waals surface area contributed by atoms with Gasteiger partial charge in [0.15, 0.2) is 0 Å². The Balaban J connectivity index is 1.43. The third-order valence-electron chi connectivity index (χ3n) is 11.0. The number of esters is 2. The van der Waals surface area contributed by atoms with Crippen molar-refractivity contribution < 1.29 is 63.0 Å². The number of hydrogen-bond donors (Lipinski definition) is 0. The Morgan fingerprint density at radius 2 is 1.24 bits per heavy atom. The third kappa shape index (κ3) is 5.20. The van der Waals surface area contributed by atoms with Gasteiger partial charge in [0, 0.05) is 5.92 Å². The van der Waals surface area contributed by atoms with Crippen LogP contribution in [0.5, 0.6) is 0 Å². The molecule has 0 radical (unpaired) electrons. The van der Waals surface area contributed by atoms with Gasteiger partial charge in [-0.05, 0) is 99.2 Å². The molecule has 0 aromatic heterocycles. The minimum atomic E-state index is -6.06. The number of carbonyl (C=O) groups is 2. The van der Waals surface area contributed by atoms with E-state index in [1.54, 1.807) is 0 Å². The van der Waals surface area contributed by atoms with Gasteiger partial charge in [-0.3, -0.25) is 0 Å². The number of halogens is 10. The quantitative estimate of drug-likeness (QED) is 0.234. The number of alkyl halides is 10. The van der Waals surface area contributed by atoms with Gasteiger partial charge in [0.25, 0.3) is 0 Å². The summed E-state index contributed by atoms with van der Waals surface area (Å²) in [5.41, 5.74) is -0.752. The highest BCUT2D eigenvalue weighted by atomic mass is 19.4. The molecule has 0 bridgehead atoms. The van der Waals surface area contributed by atoms with Gasteiger partial charge in [0.05, 0.1) is 0 Å². The molecule has 0 N–H and O–H groups in total. The second kappa shape index (κ2) is 10.2. The minimum Gasteiger partial charge on any atom is -0.458 e. The zero-order valence-corrected chi connectivity index (χ0v) is 22.8. The first kappa shape index (κ1) is 32.2. The van der Waals surface area contributed by atoms with Crippen molar-refractivity contribution in [2.24, 2.45) is 40.4 Å². The van der Waals surface area contributed by atoms with E-state index in [1.807, 2.05) is 6.92 Å². The Hall–Kier alpha value is -1.76. The standard InChI is InChI=1S/C27H34F10O4/c1-13(40-20(38)24(28,29)26(32,33)34)17-6-7-18-16-5-4-14-12-15(41-21(39)25(30,31)27(35,36)37)8-10-22(14,2)19(16)9-11-23(17,18)3/h13-19H,4-12H2,1-3H3. The van der Waals surface area contributed by atoms with Gasteiger partial charge in [-0.15, -0.1) is 0 Å². The first-order valence-corrected chi connectivity index (χ1v) is 13.9. The summed E-state index contributed by atoms with van der Waals surface area (Å²) in [6, 6.07) is 0. The molecule has 4 aliphatic carbocycles. The van der Waals surface area contributed by atoms with Crippen molar-refractivity contribution in [1.82, 2.24) is 0 Å². The van der Waals surface area contributed by atoms with E-state index in [-0.39, 0.29) is 41.9 Å². The lowest BCUT2D eigenvalue weighted by Gasteiger charge is -2.61. The molecular formula is C27H34F10O4. The Kier molecular flexibility index (Phi) is 7.97. The summed E-state index contributed by atoms with van der Waals surface area (Å²) in [6.07, 6.45) is -9.75. The zero-order valence-electron chi connectivity index (χ0n) is 22.8. The summed E-state index contributed by atoms with van der Waals surface area (Å²) in [6.45, 7) is 5.37. The molecule has 0 aliphatic heterocycles. The number of fused-ring (bicyclic) bond motifs is 5. The van der Waals surface area contributed by atoms with Gasteiger partial charge in [0.1, 0.15) is 12.2 Å². The molecular weight excluding hydrogens is 578 g/mol. The van der Waals surface area contributed by atoms with E-state index in [4.69, 9.17) is 4.74 Å². The van der Waals surface area contributed by atoms with Gasteiger partial charge < -0.3 is 9.47 Å². The Morgan fingerprint density at radius 1 is 0.707 bits per heavy atom. The molecule has 4 nitrogen and oxygen atoms in total. The van der Waals surface area contributed by atoms with Crippen LogP contribution in [0.3, 0.4) is 0 Å². The molecule has 9 unspecified atom stereocenters. The number of ether oxygens (including phenoxy) is 2. The number of carbonyl (C=O) groups excluding carboxylic acids is 2.